The van der Waals surface area contributed by atoms with E-state index in [-0.39, 0.29) is 5.56 Å². The predicted molar refractivity (Wildman–Crippen MR) is 103 cm³/mol. The van der Waals surface area contributed by atoms with Gasteiger partial charge in [0.05, 0.1) is 10.4 Å². The summed E-state index contributed by atoms with van der Waals surface area (Å²) in [7, 11) is 0. The molecule has 0 amide bonds. The van der Waals surface area contributed by atoms with Crippen molar-refractivity contribution in [1.82, 2.24) is 19.9 Å². The summed E-state index contributed by atoms with van der Waals surface area (Å²) in [6, 6.07) is 3.69. The molecule has 0 aromatic carbocycles. The van der Waals surface area contributed by atoms with Crippen LogP contribution in [0.4, 0.5) is 5.82 Å². The van der Waals surface area contributed by atoms with Gasteiger partial charge in [0.25, 0.3) is 5.56 Å². The standard InChI is InChI=1S/C17H16ClN5OS/c1-8-9(2)25-17-14(8)16(24)22-12(23-17)4-6-19-13-7-11(18)10-3-5-20-15(10)21-13/h3,5,7H,4,6H2,1-2H3,(H2,19,20,21)(H,22,23,24). The van der Waals surface area contributed by atoms with Crippen LogP contribution in [0.1, 0.15) is 16.3 Å². The maximum atomic E-state index is 12.3. The number of halogens is 1. The van der Waals surface area contributed by atoms with E-state index in [9.17, 15) is 4.79 Å². The average Bonchev–Trinajstić information content (AvgIpc) is 3.13. The Kier molecular flexibility index (Phi) is 3.97. The Labute approximate surface area is 152 Å². The molecule has 0 unspecified atom stereocenters. The molecule has 0 aliphatic carbocycles. The molecule has 0 bridgehead atoms. The van der Waals surface area contributed by atoms with Gasteiger partial charge in [-0.25, -0.2) is 9.97 Å². The van der Waals surface area contributed by atoms with Crippen LogP contribution < -0.4 is 10.9 Å². The van der Waals surface area contributed by atoms with Crippen LogP contribution in [0.15, 0.2) is 23.1 Å². The molecule has 0 saturated carbocycles. The second-order valence-electron chi connectivity index (χ2n) is 5.88. The maximum Gasteiger partial charge on any atom is 0.259 e. The molecule has 0 saturated heterocycles. The minimum atomic E-state index is -0.0733. The third-order valence-corrected chi connectivity index (χ3v) is 5.65. The van der Waals surface area contributed by atoms with E-state index in [0.29, 0.717) is 35.0 Å². The van der Waals surface area contributed by atoms with Gasteiger partial charge in [-0.3, -0.25) is 4.79 Å². The smallest absolute Gasteiger partial charge is 0.259 e. The molecule has 128 valence electrons. The molecule has 4 heterocycles. The molecule has 6 nitrogen and oxygen atoms in total. The highest BCUT2D eigenvalue weighted by Crippen LogP contribution is 2.26. The molecular weight excluding hydrogens is 358 g/mol. The third-order valence-electron chi connectivity index (χ3n) is 4.23. The summed E-state index contributed by atoms with van der Waals surface area (Å²) in [5.41, 5.74) is 1.68. The first kappa shape index (κ1) is 16.1. The molecule has 0 atom stereocenters. The lowest BCUT2D eigenvalue weighted by Gasteiger charge is -2.06. The largest absolute Gasteiger partial charge is 0.370 e. The highest BCUT2D eigenvalue weighted by molar-refractivity contribution is 7.18. The Balaban J connectivity index is 1.53. The second-order valence-corrected chi connectivity index (χ2v) is 7.49. The monoisotopic (exact) mass is 373 g/mol. The van der Waals surface area contributed by atoms with Crippen LogP contribution in [-0.4, -0.2) is 26.5 Å². The van der Waals surface area contributed by atoms with Crippen molar-refractivity contribution in [3.8, 4) is 0 Å². The number of thiophene rings is 1. The number of hydrogen-bond acceptors (Lipinski definition) is 5. The average molecular weight is 374 g/mol. The molecule has 8 heteroatoms. The van der Waals surface area contributed by atoms with Crippen LogP contribution >= 0.6 is 22.9 Å². The molecule has 0 spiro atoms. The number of aryl methyl sites for hydroxylation is 2. The van der Waals surface area contributed by atoms with E-state index in [1.165, 1.54) is 0 Å². The number of aromatic amines is 2. The zero-order valence-corrected chi connectivity index (χ0v) is 15.3. The molecule has 0 aliphatic heterocycles. The summed E-state index contributed by atoms with van der Waals surface area (Å²) in [6.07, 6.45) is 2.39. The number of H-pyrrole nitrogens is 2. The summed E-state index contributed by atoms with van der Waals surface area (Å²) < 4.78 is 0. The lowest BCUT2D eigenvalue weighted by atomic mass is 10.2. The van der Waals surface area contributed by atoms with Crippen molar-refractivity contribution < 1.29 is 0 Å². The zero-order chi connectivity index (χ0) is 17.6. The highest BCUT2D eigenvalue weighted by atomic mass is 35.5. The fraction of sp³-hybridized carbons (Fsp3) is 0.235. The summed E-state index contributed by atoms with van der Waals surface area (Å²) in [4.78, 5) is 29.2. The molecule has 25 heavy (non-hydrogen) atoms. The number of anilines is 1. The molecular formula is C17H16ClN5OS. The second kappa shape index (κ2) is 6.16. The van der Waals surface area contributed by atoms with Gasteiger partial charge < -0.3 is 15.3 Å². The topological polar surface area (TPSA) is 86.5 Å². The van der Waals surface area contributed by atoms with Gasteiger partial charge in [0.2, 0.25) is 0 Å². The molecule has 4 aromatic rings. The van der Waals surface area contributed by atoms with Crippen molar-refractivity contribution in [3.05, 3.63) is 50.0 Å². The first-order valence-corrected chi connectivity index (χ1v) is 9.09. The van der Waals surface area contributed by atoms with Gasteiger partial charge in [-0.05, 0) is 31.5 Å². The van der Waals surface area contributed by atoms with Crippen molar-refractivity contribution in [1.29, 1.82) is 0 Å². The van der Waals surface area contributed by atoms with E-state index in [2.05, 4.69) is 25.3 Å². The third kappa shape index (κ3) is 2.89. The minimum Gasteiger partial charge on any atom is -0.370 e. The Morgan fingerprint density at radius 1 is 1.32 bits per heavy atom. The van der Waals surface area contributed by atoms with E-state index < -0.39 is 0 Å². The lowest BCUT2D eigenvalue weighted by Crippen LogP contribution is -2.15. The Morgan fingerprint density at radius 3 is 3.00 bits per heavy atom. The van der Waals surface area contributed by atoms with Gasteiger partial charge in [-0.1, -0.05) is 11.6 Å². The minimum absolute atomic E-state index is 0.0733. The van der Waals surface area contributed by atoms with E-state index in [0.717, 1.165) is 26.3 Å². The van der Waals surface area contributed by atoms with E-state index in [4.69, 9.17) is 11.6 Å². The van der Waals surface area contributed by atoms with Crippen molar-refractivity contribution >= 4 is 50.0 Å². The number of pyridine rings is 1. The van der Waals surface area contributed by atoms with Gasteiger partial charge in [0.1, 0.15) is 22.1 Å². The molecule has 4 aromatic heterocycles. The van der Waals surface area contributed by atoms with Crippen LogP contribution in [0.5, 0.6) is 0 Å². The van der Waals surface area contributed by atoms with Gasteiger partial charge in [0, 0.05) is 29.4 Å². The van der Waals surface area contributed by atoms with Crippen molar-refractivity contribution in [2.45, 2.75) is 20.3 Å². The van der Waals surface area contributed by atoms with E-state index in [1.807, 2.05) is 26.1 Å². The molecule has 3 N–H and O–H groups in total. The fourth-order valence-electron chi connectivity index (χ4n) is 2.81. The van der Waals surface area contributed by atoms with Crippen LogP contribution in [0.2, 0.25) is 5.02 Å². The van der Waals surface area contributed by atoms with Gasteiger partial charge >= 0.3 is 0 Å². The first-order valence-electron chi connectivity index (χ1n) is 7.89. The summed E-state index contributed by atoms with van der Waals surface area (Å²) in [6.45, 7) is 4.56. The zero-order valence-electron chi connectivity index (χ0n) is 13.7. The van der Waals surface area contributed by atoms with Crippen LogP contribution in [0.3, 0.4) is 0 Å². The number of nitrogens with zero attached hydrogens (tertiary/aromatic N) is 2. The fourth-order valence-corrected chi connectivity index (χ4v) is 4.12. The summed E-state index contributed by atoms with van der Waals surface area (Å²) in [5, 5.41) is 5.46. The van der Waals surface area contributed by atoms with Crippen molar-refractivity contribution in [3.63, 3.8) is 0 Å². The number of nitrogens with one attached hydrogen (secondary N) is 3. The normalized spacial score (nSPS) is 11.5. The number of aromatic nitrogens is 4. The van der Waals surface area contributed by atoms with Crippen molar-refractivity contribution in [2.75, 3.05) is 11.9 Å². The SMILES string of the molecule is Cc1sc2nc(CCNc3cc(Cl)c4cc[nH]c4n3)[nH]c(=O)c2c1C. The van der Waals surface area contributed by atoms with Gasteiger partial charge in [-0.15, -0.1) is 11.3 Å². The Morgan fingerprint density at radius 2 is 2.16 bits per heavy atom. The molecule has 0 fully saturated rings. The number of fused-ring (bicyclic) bond motifs is 2. The molecule has 0 aliphatic rings. The maximum absolute atomic E-state index is 12.3. The van der Waals surface area contributed by atoms with Gasteiger partial charge in [-0.2, -0.15) is 0 Å². The summed E-state index contributed by atoms with van der Waals surface area (Å²) in [5.74, 6) is 1.35. The highest BCUT2D eigenvalue weighted by Gasteiger charge is 2.12. The van der Waals surface area contributed by atoms with Gasteiger partial charge in [0.15, 0.2) is 0 Å². The summed E-state index contributed by atoms with van der Waals surface area (Å²) >= 11 is 7.80. The molecule has 4 rings (SSSR count). The predicted octanol–water partition coefficient (Wildman–Crippen LogP) is 3.79. The number of rotatable bonds is 4. The quantitative estimate of drug-likeness (QED) is 0.508. The van der Waals surface area contributed by atoms with Crippen LogP contribution in [-0.2, 0) is 6.42 Å². The van der Waals surface area contributed by atoms with Crippen molar-refractivity contribution in [2.24, 2.45) is 0 Å². The molecule has 0 radical (unpaired) electrons. The van der Waals surface area contributed by atoms with E-state index >= 15 is 0 Å². The first-order chi connectivity index (χ1) is 12.0. The van der Waals surface area contributed by atoms with E-state index in [1.54, 1.807) is 17.4 Å². The number of hydrogen-bond donors (Lipinski definition) is 3. The lowest BCUT2D eigenvalue weighted by molar-refractivity contribution is 0.896. The van der Waals surface area contributed by atoms with Crippen LogP contribution in [0, 0.1) is 13.8 Å². The Hall–Kier alpha value is -2.38. The Bertz CT molecular complexity index is 1140. The van der Waals surface area contributed by atoms with Crippen LogP contribution in [0.25, 0.3) is 21.3 Å².